The molecular formula is C20H24N2O3S. The number of aryl methyl sites for hydroxylation is 1. The molecule has 3 rings (SSSR count). The minimum Gasteiger partial charge on any atom is -0.459 e. The zero-order valence-corrected chi connectivity index (χ0v) is 16.0. The molecule has 0 fully saturated rings. The lowest BCUT2D eigenvalue weighted by molar-refractivity contribution is 0.346. The Kier molecular flexibility index (Phi) is 5.18. The van der Waals surface area contributed by atoms with Gasteiger partial charge in [-0.05, 0) is 36.1 Å². The van der Waals surface area contributed by atoms with Gasteiger partial charge in [-0.1, -0.05) is 50.2 Å². The second-order valence-corrected chi connectivity index (χ2v) is 8.37. The molecule has 0 aliphatic rings. The normalized spacial score (nSPS) is 13.4. The molecule has 0 bridgehead atoms. The number of para-hydroxylation sites is 1. The van der Waals surface area contributed by atoms with Gasteiger partial charge in [-0.2, -0.15) is 0 Å². The Hall–Kier alpha value is -2.15. The molecule has 0 saturated heterocycles. The van der Waals surface area contributed by atoms with E-state index in [1.54, 1.807) is 12.1 Å². The van der Waals surface area contributed by atoms with Crippen LogP contribution >= 0.6 is 0 Å². The molecule has 0 radical (unpaired) electrons. The average molecular weight is 372 g/mol. The van der Waals surface area contributed by atoms with Crippen LogP contribution in [-0.2, 0) is 16.6 Å². The first-order chi connectivity index (χ1) is 12.3. The lowest BCUT2D eigenvalue weighted by Crippen LogP contribution is -2.27. The van der Waals surface area contributed by atoms with Gasteiger partial charge in [0.15, 0.2) is 0 Å². The zero-order valence-electron chi connectivity index (χ0n) is 15.2. The SMILES string of the molecule is Cc1c(C(NCc2ccccc2S(N)(=O)=O)C(C)C)oc2ccccc12. The van der Waals surface area contributed by atoms with E-state index in [2.05, 4.69) is 26.1 Å². The molecule has 2 aromatic carbocycles. The number of fused-ring (bicyclic) bond motifs is 1. The average Bonchev–Trinajstić information content (AvgIpc) is 2.91. The van der Waals surface area contributed by atoms with Gasteiger partial charge in [0.1, 0.15) is 11.3 Å². The van der Waals surface area contributed by atoms with Crippen LogP contribution in [0.25, 0.3) is 11.0 Å². The van der Waals surface area contributed by atoms with Crippen molar-refractivity contribution in [2.24, 2.45) is 11.1 Å². The molecule has 3 N–H and O–H groups in total. The Morgan fingerprint density at radius 3 is 2.38 bits per heavy atom. The molecular weight excluding hydrogens is 348 g/mol. The van der Waals surface area contributed by atoms with Crippen LogP contribution < -0.4 is 10.5 Å². The number of benzene rings is 2. The highest BCUT2D eigenvalue weighted by Gasteiger charge is 2.24. The summed E-state index contributed by atoms with van der Waals surface area (Å²) in [5.41, 5.74) is 2.61. The molecule has 0 spiro atoms. The van der Waals surface area contributed by atoms with Gasteiger partial charge in [0, 0.05) is 11.9 Å². The minimum atomic E-state index is -3.76. The Bertz CT molecular complexity index is 1020. The summed E-state index contributed by atoms with van der Waals surface area (Å²) in [5.74, 6) is 1.14. The molecule has 5 nitrogen and oxygen atoms in total. The van der Waals surface area contributed by atoms with Crippen molar-refractivity contribution in [3.8, 4) is 0 Å². The van der Waals surface area contributed by atoms with Crippen LogP contribution in [0, 0.1) is 12.8 Å². The first-order valence-corrected chi connectivity index (χ1v) is 10.2. The fourth-order valence-corrected chi connectivity index (χ4v) is 4.04. The molecule has 1 unspecified atom stereocenters. The van der Waals surface area contributed by atoms with Crippen molar-refractivity contribution in [1.82, 2.24) is 5.32 Å². The van der Waals surface area contributed by atoms with Gasteiger partial charge in [-0.25, -0.2) is 13.6 Å². The quantitative estimate of drug-likeness (QED) is 0.688. The maximum Gasteiger partial charge on any atom is 0.238 e. The predicted molar refractivity (Wildman–Crippen MR) is 103 cm³/mol. The number of hydrogen-bond donors (Lipinski definition) is 2. The first kappa shape index (κ1) is 18.6. The molecule has 1 aromatic heterocycles. The maximum atomic E-state index is 11.8. The third-order valence-electron chi connectivity index (χ3n) is 4.62. The third-order valence-corrected chi connectivity index (χ3v) is 5.63. The van der Waals surface area contributed by atoms with Gasteiger partial charge in [0.05, 0.1) is 10.9 Å². The monoisotopic (exact) mass is 372 g/mol. The van der Waals surface area contributed by atoms with Crippen molar-refractivity contribution < 1.29 is 12.8 Å². The fraction of sp³-hybridized carbons (Fsp3) is 0.300. The van der Waals surface area contributed by atoms with Crippen molar-refractivity contribution >= 4 is 21.0 Å². The summed E-state index contributed by atoms with van der Waals surface area (Å²) in [7, 11) is -3.76. The van der Waals surface area contributed by atoms with E-state index in [0.717, 1.165) is 22.3 Å². The van der Waals surface area contributed by atoms with Crippen molar-refractivity contribution in [1.29, 1.82) is 0 Å². The van der Waals surface area contributed by atoms with E-state index in [0.29, 0.717) is 12.1 Å². The van der Waals surface area contributed by atoms with Gasteiger partial charge >= 0.3 is 0 Å². The summed E-state index contributed by atoms with van der Waals surface area (Å²) in [6.07, 6.45) is 0. The molecule has 0 amide bonds. The summed E-state index contributed by atoms with van der Waals surface area (Å²) in [4.78, 5) is 0.149. The number of rotatable bonds is 6. The lowest BCUT2D eigenvalue weighted by Gasteiger charge is -2.22. The van der Waals surface area contributed by atoms with E-state index in [1.165, 1.54) is 6.07 Å². The van der Waals surface area contributed by atoms with Crippen LogP contribution in [0.3, 0.4) is 0 Å². The molecule has 0 aliphatic carbocycles. The third kappa shape index (κ3) is 3.67. The van der Waals surface area contributed by atoms with E-state index >= 15 is 0 Å². The van der Waals surface area contributed by atoms with Crippen LogP contribution in [0.5, 0.6) is 0 Å². The summed E-state index contributed by atoms with van der Waals surface area (Å²) in [5, 5.41) is 9.89. The molecule has 3 aromatic rings. The highest BCUT2D eigenvalue weighted by molar-refractivity contribution is 7.89. The summed E-state index contributed by atoms with van der Waals surface area (Å²) in [6, 6.07) is 14.7. The highest BCUT2D eigenvalue weighted by Crippen LogP contribution is 2.33. The van der Waals surface area contributed by atoms with E-state index in [9.17, 15) is 8.42 Å². The standard InChI is InChI=1S/C20H24N2O3S/c1-13(2)19(20-14(3)16-9-5-6-10-17(16)25-20)22-12-15-8-4-7-11-18(15)26(21,23)24/h4-11,13,19,22H,12H2,1-3H3,(H2,21,23,24). The molecule has 1 atom stereocenters. The minimum absolute atomic E-state index is 0.0454. The van der Waals surface area contributed by atoms with Crippen molar-refractivity contribution in [2.75, 3.05) is 0 Å². The van der Waals surface area contributed by atoms with Crippen LogP contribution in [-0.4, -0.2) is 8.42 Å². The Morgan fingerprint density at radius 1 is 1.08 bits per heavy atom. The number of nitrogens with two attached hydrogens (primary N) is 1. The second kappa shape index (κ2) is 7.23. The largest absolute Gasteiger partial charge is 0.459 e. The van der Waals surface area contributed by atoms with Crippen molar-refractivity contribution in [3.05, 3.63) is 65.4 Å². The molecule has 0 aliphatic heterocycles. The summed E-state index contributed by atoms with van der Waals surface area (Å²) in [6.45, 7) is 6.65. The van der Waals surface area contributed by atoms with E-state index in [1.807, 2.05) is 30.3 Å². The molecule has 0 saturated carbocycles. The van der Waals surface area contributed by atoms with Gasteiger partial charge in [0.25, 0.3) is 0 Å². The van der Waals surface area contributed by atoms with Crippen molar-refractivity contribution in [2.45, 2.75) is 38.3 Å². The number of nitrogens with one attached hydrogen (secondary N) is 1. The number of sulfonamides is 1. The Morgan fingerprint density at radius 2 is 1.73 bits per heavy atom. The molecule has 26 heavy (non-hydrogen) atoms. The Balaban J connectivity index is 1.92. The van der Waals surface area contributed by atoms with Crippen LogP contribution in [0.4, 0.5) is 0 Å². The zero-order chi connectivity index (χ0) is 18.9. The van der Waals surface area contributed by atoms with E-state index in [4.69, 9.17) is 9.56 Å². The fourth-order valence-electron chi connectivity index (χ4n) is 3.27. The van der Waals surface area contributed by atoms with Crippen LogP contribution in [0.2, 0.25) is 0 Å². The molecule has 6 heteroatoms. The van der Waals surface area contributed by atoms with Crippen LogP contribution in [0.15, 0.2) is 57.8 Å². The number of furan rings is 1. The first-order valence-electron chi connectivity index (χ1n) is 8.61. The van der Waals surface area contributed by atoms with Crippen LogP contribution in [0.1, 0.15) is 36.8 Å². The van der Waals surface area contributed by atoms with E-state index in [-0.39, 0.29) is 16.9 Å². The number of hydrogen-bond acceptors (Lipinski definition) is 4. The number of primary sulfonamides is 1. The van der Waals surface area contributed by atoms with E-state index < -0.39 is 10.0 Å². The predicted octanol–water partition coefficient (Wildman–Crippen LogP) is 3.88. The van der Waals surface area contributed by atoms with Gasteiger partial charge in [-0.3, -0.25) is 0 Å². The summed E-state index contributed by atoms with van der Waals surface area (Å²) < 4.78 is 29.7. The molecule has 1 heterocycles. The topological polar surface area (TPSA) is 85.3 Å². The summed E-state index contributed by atoms with van der Waals surface area (Å²) >= 11 is 0. The second-order valence-electron chi connectivity index (χ2n) is 6.84. The smallest absolute Gasteiger partial charge is 0.238 e. The van der Waals surface area contributed by atoms with Gasteiger partial charge < -0.3 is 9.73 Å². The lowest BCUT2D eigenvalue weighted by atomic mass is 9.98. The van der Waals surface area contributed by atoms with Crippen molar-refractivity contribution in [3.63, 3.8) is 0 Å². The highest BCUT2D eigenvalue weighted by atomic mass is 32.2. The molecule has 138 valence electrons. The Labute approximate surface area is 154 Å². The van der Waals surface area contributed by atoms with Gasteiger partial charge in [0.2, 0.25) is 10.0 Å². The maximum absolute atomic E-state index is 11.8. The van der Waals surface area contributed by atoms with Gasteiger partial charge in [-0.15, -0.1) is 0 Å².